The van der Waals surface area contributed by atoms with E-state index >= 15 is 0 Å². The molecule has 1 amide bonds. The molecule has 1 aromatic heterocycles. The van der Waals surface area contributed by atoms with Gasteiger partial charge in [0.15, 0.2) is 0 Å². The van der Waals surface area contributed by atoms with Crippen LogP contribution >= 0.6 is 11.6 Å². The number of anilines is 1. The third kappa shape index (κ3) is 4.35. The zero-order valence-corrected chi connectivity index (χ0v) is 16.8. The molecule has 146 valence electrons. The van der Waals surface area contributed by atoms with Crippen LogP contribution in [0.4, 0.5) is 5.69 Å². The molecule has 0 spiro atoms. The van der Waals surface area contributed by atoms with Gasteiger partial charge in [-0.1, -0.05) is 23.7 Å². The topological polar surface area (TPSA) is 65.4 Å². The Labute approximate surface area is 169 Å². The molecule has 0 aliphatic rings. The molecule has 6 nitrogen and oxygen atoms in total. The van der Waals surface area contributed by atoms with Gasteiger partial charge in [0, 0.05) is 12.7 Å². The predicted octanol–water partition coefficient (Wildman–Crippen LogP) is 4.42. The number of benzene rings is 2. The summed E-state index contributed by atoms with van der Waals surface area (Å²) in [7, 11) is 1.61. The van der Waals surface area contributed by atoms with Crippen LogP contribution in [0.5, 0.6) is 5.75 Å². The number of nitrogens with zero attached hydrogens (tertiary/aromatic N) is 2. The molecule has 0 bridgehead atoms. The average Bonchev–Trinajstić information content (AvgIpc) is 2.97. The smallest absolute Gasteiger partial charge is 0.255 e. The average molecular weight is 400 g/mol. The van der Waals surface area contributed by atoms with Crippen molar-refractivity contribution in [2.75, 3.05) is 25.6 Å². The second kappa shape index (κ2) is 8.91. The lowest BCUT2D eigenvalue weighted by molar-refractivity contribution is 0.102. The molecule has 1 N–H and O–H groups in total. The van der Waals surface area contributed by atoms with Crippen molar-refractivity contribution in [1.82, 2.24) is 9.78 Å². The van der Waals surface area contributed by atoms with Crippen LogP contribution in [0, 0.1) is 13.8 Å². The highest BCUT2D eigenvalue weighted by atomic mass is 35.5. The summed E-state index contributed by atoms with van der Waals surface area (Å²) in [4.78, 5) is 12.6. The van der Waals surface area contributed by atoms with Gasteiger partial charge in [0.25, 0.3) is 5.91 Å². The number of hydrogen-bond acceptors (Lipinski definition) is 4. The first-order valence-electron chi connectivity index (χ1n) is 8.85. The second-order valence-electron chi connectivity index (χ2n) is 6.24. The van der Waals surface area contributed by atoms with E-state index in [9.17, 15) is 4.79 Å². The Hall–Kier alpha value is -2.83. The summed E-state index contributed by atoms with van der Waals surface area (Å²) in [6.07, 6.45) is 0. The summed E-state index contributed by atoms with van der Waals surface area (Å²) in [5.74, 6) is 0.377. The van der Waals surface area contributed by atoms with Gasteiger partial charge in [-0.15, -0.1) is 0 Å². The van der Waals surface area contributed by atoms with Crippen molar-refractivity contribution in [3.05, 3.63) is 70.5 Å². The lowest BCUT2D eigenvalue weighted by atomic mass is 10.2. The molecule has 0 radical (unpaired) electrons. The van der Waals surface area contributed by atoms with E-state index in [1.54, 1.807) is 36.1 Å². The molecule has 0 aliphatic heterocycles. The number of nitrogens with one attached hydrogen (secondary N) is 1. The summed E-state index contributed by atoms with van der Waals surface area (Å²) >= 11 is 6.21. The maximum Gasteiger partial charge on any atom is 0.255 e. The van der Waals surface area contributed by atoms with E-state index in [1.807, 2.05) is 38.1 Å². The Morgan fingerprint density at radius 1 is 1.11 bits per heavy atom. The van der Waals surface area contributed by atoms with Crippen LogP contribution in [-0.2, 0) is 4.74 Å². The van der Waals surface area contributed by atoms with Crippen molar-refractivity contribution < 1.29 is 14.3 Å². The molecule has 3 aromatic rings. The molecule has 0 saturated heterocycles. The minimum absolute atomic E-state index is 0.222. The molecular weight excluding hydrogens is 378 g/mol. The molecule has 0 saturated carbocycles. The van der Waals surface area contributed by atoms with E-state index in [1.165, 1.54) is 0 Å². The number of rotatable bonds is 7. The van der Waals surface area contributed by atoms with E-state index in [0.29, 0.717) is 35.2 Å². The fourth-order valence-electron chi connectivity index (χ4n) is 2.75. The molecule has 1 heterocycles. The number of methoxy groups -OCH3 is 1. The number of carbonyl (C=O) groups is 1. The molecule has 7 heteroatoms. The van der Waals surface area contributed by atoms with Crippen molar-refractivity contribution >= 4 is 23.2 Å². The van der Waals surface area contributed by atoms with Gasteiger partial charge in [-0.05, 0) is 50.2 Å². The summed E-state index contributed by atoms with van der Waals surface area (Å²) < 4.78 is 12.4. The van der Waals surface area contributed by atoms with Gasteiger partial charge in [-0.25, -0.2) is 4.68 Å². The molecular formula is C21H22ClN3O3. The first-order valence-corrected chi connectivity index (χ1v) is 9.23. The molecule has 3 rings (SSSR count). The van der Waals surface area contributed by atoms with Crippen LogP contribution in [0.2, 0.25) is 5.02 Å². The number of hydrogen-bond donors (Lipinski definition) is 1. The largest absolute Gasteiger partial charge is 0.489 e. The van der Waals surface area contributed by atoms with Crippen molar-refractivity contribution in [2.24, 2.45) is 0 Å². The van der Waals surface area contributed by atoms with Gasteiger partial charge < -0.3 is 14.8 Å². The fourth-order valence-corrected chi connectivity index (χ4v) is 2.87. The maximum absolute atomic E-state index is 12.6. The van der Waals surface area contributed by atoms with Gasteiger partial charge in [-0.2, -0.15) is 5.10 Å². The third-order valence-corrected chi connectivity index (χ3v) is 4.80. The zero-order chi connectivity index (χ0) is 20.1. The van der Waals surface area contributed by atoms with Crippen molar-refractivity contribution in [2.45, 2.75) is 13.8 Å². The second-order valence-corrected chi connectivity index (χ2v) is 6.61. The number of amides is 1. The lowest BCUT2D eigenvalue weighted by Gasteiger charge is -2.12. The van der Waals surface area contributed by atoms with Crippen molar-refractivity contribution in [3.8, 4) is 11.4 Å². The van der Waals surface area contributed by atoms with E-state index < -0.39 is 0 Å². The highest BCUT2D eigenvalue weighted by Crippen LogP contribution is 2.25. The Balaban J connectivity index is 1.74. The number of carbonyl (C=O) groups excluding carboxylic acids is 1. The van der Waals surface area contributed by atoms with Gasteiger partial charge in [0.05, 0.1) is 34.4 Å². The van der Waals surface area contributed by atoms with Crippen LogP contribution < -0.4 is 10.1 Å². The van der Waals surface area contributed by atoms with Crippen LogP contribution in [0.25, 0.3) is 5.69 Å². The molecule has 0 aliphatic carbocycles. The quantitative estimate of drug-likeness (QED) is 0.597. The maximum atomic E-state index is 12.6. The summed E-state index contributed by atoms with van der Waals surface area (Å²) in [6, 6.07) is 14.5. The third-order valence-electron chi connectivity index (χ3n) is 4.26. The van der Waals surface area contributed by atoms with Gasteiger partial charge >= 0.3 is 0 Å². The SMILES string of the molecule is COCCOc1ccccc1NC(=O)c1ccc(-n2nc(C)c(Cl)c2C)cc1. The fraction of sp³-hybridized carbons (Fsp3) is 0.238. The summed E-state index contributed by atoms with van der Waals surface area (Å²) in [5, 5.41) is 7.96. The summed E-state index contributed by atoms with van der Waals surface area (Å²) in [6.45, 7) is 4.65. The minimum atomic E-state index is -0.222. The van der Waals surface area contributed by atoms with Crippen LogP contribution in [0.3, 0.4) is 0 Å². The molecule has 28 heavy (non-hydrogen) atoms. The van der Waals surface area contributed by atoms with Gasteiger partial charge in [0.1, 0.15) is 12.4 Å². The Morgan fingerprint density at radius 2 is 1.82 bits per heavy atom. The van der Waals surface area contributed by atoms with Crippen LogP contribution in [-0.4, -0.2) is 36.0 Å². The van der Waals surface area contributed by atoms with Crippen LogP contribution in [0.15, 0.2) is 48.5 Å². The molecule has 0 fully saturated rings. The zero-order valence-electron chi connectivity index (χ0n) is 16.0. The molecule has 0 unspecified atom stereocenters. The number of para-hydroxylation sites is 2. The van der Waals surface area contributed by atoms with Crippen molar-refractivity contribution in [3.63, 3.8) is 0 Å². The number of aromatic nitrogens is 2. The first kappa shape index (κ1) is 19.9. The minimum Gasteiger partial charge on any atom is -0.489 e. The normalized spacial score (nSPS) is 10.7. The monoisotopic (exact) mass is 399 g/mol. The van der Waals surface area contributed by atoms with Crippen molar-refractivity contribution in [1.29, 1.82) is 0 Å². The Bertz CT molecular complexity index is 968. The molecule has 2 aromatic carbocycles. The van der Waals surface area contributed by atoms with Gasteiger partial charge in [-0.3, -0.25) is 4.79 Å². The number of aryl methyl sites for hydroxylation is 1. The van der Waals surface area contributed by atoms with E-state index in [4.69, 9.17) is 21.1 Å². The van der Waals surface area contributed by atoms with Gasteiger partial charge in [0.2, 0.25) is 0 Å². The number of halogens is 1. The Morgan fingerprint density at radius 3 is 2.46 bits per heavy atom. The number of ether oxygens (including phenoxy) is 2. The van der Waals surface area contributed by atoms with E-state index in [-0.39, 0.29) is 5.91 Å². The first-order chi connectivity index (χ1) is 13.5. The Kier molecular flexibility index (Phi) is 6.34. The summed E-state index contributed by atoms with van der Waals surface area (Å²) in [5.41, 5.74) is 3.61. The van der Waals surface area contributed by atoms with E-state index in [2.05, 4.69) is 10.4 Å². The van der Waals surface area contributed by atoms with Crippen LogP contribution in [0.1, 0.15) is 21.7 Å². The van der Waals surface area contributed by atoms with E-state index in [0.717, 1.165) is 17.1 Å². The highest BCUT2D eigenvalue weighted by Gasteiger charge is 2.13. The molecule has 0 atom stereocenters. The standard InChI is InChI=1S/C21H22ClN3O3/c1-14-20(22)15(2)25(24-14)17-10-8-16(9-11-17)21(26)23-18-6-4-5-7-19(18)28-13-12-27-3/h4-11H,12-13H2,1-3H3,(H,23,26). The lowest BCUT2D eigenvalue weighted by Crippen LogP contribution is -2.14. The predicted molar refractivity (Wildman–Crippen MR) is 110 cm³/mol. The highest BCUT2D eigenvalue weighted by molar-refractivity contribution is 6.31.